The summed E-state index contributed by atoms with van der Waals surface area (Å²) in [4.78, 5) is 14.4. The van der Waals surface area contributed by atoms with Gasteiger partial charge in [0.2, 0.25) is 5.91 Å². The van der Waals surface area contributed by atoms with Gasteiger partial charge in [0, 0.05) is 25.3 Å². The largest absolute Gasteiger partial charge is 0.383 e. The van der Waals surface area contributed by atoms with Gasteiger partial charge in [-0.2, -0.15) is 0 Å². The molecule has 1 amide bonds. The zero-order valence-corrected chi connectivity index (χ0v) is 13.5. The number of carbonyl (C=O) groups is 1. The number of benzene rings is 2. The van der Waals surface area contributed by atoms with Crippen LogP contribution < -0.4 is 5.32 Å². The molecular weight excluding hydrogens is 319 g/mol. The van der Waals surface area contributed by atoms with Gasteiger partial charge in [-0.25, -0.2) is 0 Å². The van der Waals surface area contributed by atoms with Crippen LogP contribution in [0.5, 0.6) is 0 Å². The van der Waals surface area contributed by atoms with Crippen molar-refractivity contribution in [3.05, 3.63) is 63.6 Å². The number of halogens is 2. The Labute approximate surface area is 139 Å². The number of rotatable bonds is 2. The minimum absolute atomic E-state index is 0.0943. The maximum absolute atomic E-state index is 12.5. The Hall–Kier alpha value is -1.71. The Morgan fingerprint density at radius 1 is 1.14 bits per heavy atom. The van der Waals surface area contributed by atoms with Crippen LogP contribution in [0.25, 0.3) is 0 Å². The Balaban J connectivity index is 1.73. The average molecular weight is 335 g/mol. The van der Waals surface area contributed by atoms with Crippen LogP contribution in [-0.4, -0.2) is 23.9 Å². The molecule has 114 valence electrons. The van der Waals surface area contributed by atoms with Crippen molar-refractivity contribution in [3.63, 3.8) is 0 Å². The molecule has 0 aliphatic carbocycles. The molecule has 3 nitrogen and oxygen atoms in total. The first kappa shape index (κ1) is 15.2. The Morgan fingerprint density at radius 2 is 1.95 bits per heavy atom. The molecule has 0 bridgehead atoms. The highest BCUT2D eigenvalue weighted by Gasteiger charge is 2.18. The minimum Gasteiger partial charge on any atom is -0.383 e. The molecule has 0 aromatic heterocycles. The Bertz CT molecular complexity index is 703. The molecule has 1 N–H and O–H groups in total. The van der Waals surface area contributed by atoms with E-state index in [0.717, 1.165) is 23.4 Å². The fraction of sp³-hybridized carbons (Fsp3) is 0.235. The lowest BCUT2D eigenvalue weighted by Crippen LogP contribution is -2.33. The predicted molar refractivity (Wildman–Crippen MR) is 90.5 cm³/mol. The molecule has 1 heterocycles. The molecule has 2 aromatic carbocycles. The van der Waals surface area contributed by atoms with E-state index in [-0.39, 0.29) is 5.91 Å². The molecule has 0 fully saturated rings. The first-order valence-corrected chi connectivity index (χ1v) is 7.92. The summed E-state index contributed by atoms with van der Waals surface area (Å²) in [7, 11) is 0. The number of anilines is 1. The molecule has 3 rings (SSSR count). The molecule has 5 heteroatoms. The van der Waals surface area contributed by atoms with E-state index in [9.17, 15) is 4.79 Å². The van der Waals surface area contributed by atoms with Gasteiger partial charge in [-0.3, -0.25) is 4.79 Å². The van der Waals surface area contributed by atoms with Crippen molar-refractivity contribution in [2.75, 3.05) is 18.4 Å². The fourth-order valence-corrected chi connectivity index (χ4v) is 2.91. The topological polar surface area (TPSA) is 32.3 Å². The number of nitrogens with zero attached hydrogens (tertiary/aromatic N) is 1. The van der Waals surface area contributed by atoms with Gasteiger partial charge in [0.15, 0.2) is 0 Å². The number of hydrogen-bond acceptors (Lipinski definition) is 2. The molecule has 2 aromatic rings. The second-order valence-electron chi connectivity index (χ2n) is 5.32. The summed E-state index contributed by atoms with van der Waals surface area (Å²) >= 11 is 11.9. The highest BCUT2D eigenvalue weighted by atomic mass is 35.5. The number of para-hydroxylation sites is 1. The first-order valence-electron chi connectivity index (χ1n) is 7.17. The third kappa shape index (κ3) is 3.37. The highest BCUT2D eigenvalue weighted by molar-refractivity contribution is 6.42. The van der Waals surface area contributed by atoms with Crippen LogP contribution in [0.1, 0.15) is 11.1 Å². The smallest absolute Gasteiger partial charge is 0.227 e. The van der Waals surface area contributed by atoms with Gasteiger partial charge >= 0.3 is 0 Å². The number of nitrogens with one attached hydrogen (secondary N) is 1. The fourth-order valence-electron chi connectivity index (χ4n) is 2.59. The van der Waals surface area contributed by atoms with Gasteiger partial charge in [-0.1, -0.05) is 47.5 Å². The van der Waals surface area contributed by atoms with Gasteiger partial charge in [0.1, 0.15) is 0 Å². The summed E-state index contributed by atoms with van der Waals surface area (Å²) in [6.45, 7) is 2.07. The van der Waals surface area contributed by atoms with Crippen molar-refractivity contribution in [1.29, 1.82) is 0 Å². The van der Waals surface area contributed by atoms with Crippen LogP contribution >= 0.6 is 23.2 Å². The molecule has 0 saturated carbocycles. The van der Waals surface area contributed by atoms with Crippen molar-refractivity contribution in [3.8, 4) is 0 Å². The van der Waals surface area contributed by atoms with Gasteiger partial charge in [0.05, 0.1) is 16.5 Å². The van der Waals surface area contributed by atoms with Gasteiger partial charge in [-0.15, -0.1) is 0 Å². The van der Waals surface area contributed by atoms with Gasteiger partial charge < -0.3 is 10.2 Å². The highest BCUT2D eigenvalue weighted by Crippen LogP contribution is 2.24. The van der Waals surface area contributed by atoms with E-state index >= 15 is 0 Å². The van der Waals surface area contributed by atoms with E-state index < -0.39 is 0 Å². The molecule has 1 aliphatic heterocycles. The zero-order chi connectivity index (χ0) is 15.5. The number of fused-ring (bicyclic) bond motifs is 1. The summed E-state index contributed by atoms with van der Waals surface area (Å²) in [5, 5.41) is 4.34. The van der Waals surface area contributed by atoms with Crippen LogP contribution in [0.3, 0.4) is 0 Å². The van der Waals surface area contributed by atoms with Crippen LogP contribution in [0, 0.1) is 0 Å². The lowest BCUT2D eigenvalue weighted by Gasteiger charge is -2.20. The molecule has 0 spiro atoms. The monoisotopic (exact) mass is 334 g/mol. The van der Waals surface area contributed by atoms with Crippen molar-refractivity contribution in [2.45, 2.75) is 13.0 Å². The molecule has 0 atom stereocenters. The van der Waals surface area contributed by atoms with Crippen LogP contribution in [0.15, 0.2) is 42.5 Å². The number of hydrogen-bond donors (Lipinski definition) is 1. The lowest BCUT2D eigenvalue weighted by molar-refractivity contribution is -0.130. The second-order valence-corrected chi connectivity index (χ2v) is 6.14. The van der Waals surface area contributed by atoms with E-state index in [1.54, 1.807) is 12.1 Å². The SMILES string of the molecule is O=C(Cc1ccc(Cl)c(Cl)c1)N1CCNc2ccccc2C1. The number of amides is 1. The Morgan fingerprint density at radius 3 is 2.77 bits per heavy atom. The van der Waals surface area contributed by atoms with Crippen LogP contribution in [0.2, 0.25) is 10.0 Å². The predicted octanol–water partition coefficient (Wildman–Crippen LogP) is 3.99. The van der Waals surface area contributed by atoms with E-state index in [2.05, 4.69) is 5.32 Å². The summed E-state index contributed by atoms with van der Waals surface area (Å²) in [5.41, 5.74) is 3.12. The van der Waals surface area contributed by atoms with Crippen molar-refractivity contribution >= 4 is 34.8 Å². The van der Waals surface area contributed by atoms with Crippen LogP contribution in [-0.2, 0) is 17.8 Å². The lowest BCUT2D eigenvalue weighted by atomic mass is 10.1. The summed E-state index contributed by atoms with van der Waals surface area (Å²) < 4.78 is 0. The van der Waals surface area contributed by atoms with E-state index in [0.29, 0.717) is 29.6 Å². The van der Waals surface area contributed by atoms with E-state index in [1.165, 1.54) is 0 Å². The average Bonchev–Trinajstić information content (AvgIpc) is 2.73. The molecule has 0 saturated heterocycles. The molecular formula is C17H16Cl2N2O. The summed E-state index contributed by atoms with van der Waals surface area (Å²) in [6.07, 6.45) is 0.332. The maximum atomic E-state index is 12.5. The van der Waals surface area contributed by atoms with Crippen LogP contribution in [0.4, 0.5) is 5.69 Å². The number of carbonyl (C=O) groups excluding carboxylic acids is 1. The zero-order valence-electron chi connectivity index (χ0n) is 12.0. The third-order valence-corrected chi connectivity index (χ3v) is 4.51. The molecule has 0 radical (unpaired) electrons. The van der Waals surface area contributed by atoms with Crippen molar-refractivity contribution in [2.24, 2.45) is 0 Å². The third-order valence-electron chi connectivity index (χ3n) is 3.77. The first-order chi connectivity index (χ1) is 10.6. The maximum Gasteiger partial charge on any atom is 0.227 e. The summed E-state index contributed by atoms with van der Waals surface area (Å²) in [5.74, 6) is 0.0943. The Kier molecular flexibility index (Phi) is 4.55. The van der Waals surface area contributed by atoms with E-state index in [4.69, 9.17) is 23.2 Å². The van der Waals surface area contributed by atoms with Crippen molar-refractivity contribution < 1.29 is 4.79 Å². The normalized spacial score (nSPS) is 14.0. The molecule has 1 aliphatic rings. The minimum atomic E-state index is 0.0943. The van der Waals surface area contributed by atoms with E-state index in [1.807, 2.05) is 35.2 Å². The van der Waals surface area contributed by atoms with Gasteiger partial charge in [0.25, 0.3) is 0 Å². The molecule has 22 heavy (non-hydrogen) atoms. The van der Waals surface area contributed by atoms with Gasteiger partial charge in [-0.05, 0) is 29.3 Å². The molecule has 0 unspecified atom stereocenters. The second kappa shape index (κ2) is 6.59. The quantitative estimate of drug-likeness (QED) is 0.900. The van der Waals surface area contributed by atoms with Crippen molar-refractivity contribution in [1.82, 2.24) is 4.90 Å². The standard InChI is InChI=1S/C17H16Cl2N2O/c18-14-6-5-12(9-15(14)19)10-17(22)21-8-7-20-16-4-2-1-3-13(16)11-21/h1-6,9,20H,7-8,10-11H2. The summed E-state index contributed by atoms with van der Waals surface area (Å²) in [6, 6.07) is 13.4.